The second-order valence-electron chi connectivity index (χ2n) is 6.62. The number of aryl methyl sites for hydroxylation is 1. The van der Waals surface area contributed by atoms with E-state index in [-0.39, 0.29) is 39.7 Å². The van der Waals surface area contributed by atoms with E-state index in [0.717, 1.165) is 0 Å². The molecular weight excluding hydrogens is 523 g/mol. The normalized spacial score (nSPS) is 13.7. The molecule has 0 N–H and O–H groups in total. The molecule has 0 fully saturated rings. The first-order valence-electron chi connectivity index (χ1n) is 8.70. The summed E-state index contributed by atoms with van der Waals surface area (Å²) in [6.45, 7) is 13.9. The van der Waals surface area contributed by atoms with Crippen LogP contribution in [0.25, 0.3) is 21.2 Å². The fourth-order valence-corrected chi connectivity index (χ4v) is 3.96. The van der Waals surface area contributed by atoms with E-state index in [1.807, 2.05) is 0 Å². The van der Waals surface area contributed by atoms with Crippen molar-refractivity contribution in [3.05, 3.63) is 91.1 Å². The number of benzene rings is 1. The molecule has 0 bridgehead atoms. The minimum atomic E-state index is 0. The van der Waals surface area contributed by atoms with E-state index in [1.54, 1.807) is 11.3 Å². The van der Waals surface area contributed by atoms with Crippen molar-refractivity contribution < 1.29 is 23.3 Å². The zero-order valence-corrected chi connectivity index (χ0v) is 24.8. The van der Waals surface area contributed by atoms with Gasteiger partial charge in [-0.05, 0) is 11.4 Å². The second-order valence-corrected chi connectivity index (χ2v) is 7.57. The predicted octanol–water partition coefficient (Wildman–Crippen LogP) is 8.68. The first-order chi connectivity index (χ1) is 12.5. The van der Waals surface area contributed by atoms with Gasteiger partial charge >= 0.3 is 30.2 Å². The van der Waals surface area contributed by atoms with Crippen LogP contribution in [0.4, 0.5) is 0 Å². The molecule has 2 radical (unpaired) electrons. The van der Waals surface area contributed by atoms with Gasteiger partial charge < -0.3 is 14.9 Å². The van der Waals surface area contributed by atoms with Gasteiger partial charge in [0.1, 0.15) is 0 Å². The van der Waals surface area contributed by atoms with Crippen molar-refractivity contribution >= 4 is 53.8 Å². The van der Waals surface area contributed by atoms with Gasteiger partial charge in [-0.3, -0.25) is 6.08 Å². The van der Waals surface area contributed by atoms with Crippen molar-refractivity contribution in [2.75, 3.05) is 0 Å². The maximum absolute atomic E-state index is 3.36. The van der Waals surface area contributed by atoms with Gasteiger partial charge in [-0.25, -0.2) is 5.57 Å². The zero-order chi connectivity index (χ0) is 19.3. The summed E-state index contributed by atoms with van der Waals surface area (Å²) in [6.07, 6.45) is 3.36. The van der Waals surface area contributed by atoms with E-state index in [2.05, 4.69) is 95.4 Å². The topological polar surface area (TPSA) is 0 Å². The van der Waals surface area contributed by atoms with Crippen LogP contribution in [0, 0.1) is 33.8 Å². The molecule has 0 spiro atoms. The Morgan fingerprint density at radius 2 is 1.63 bits per heavy atom. The van der Waals surface area contributed by atoms with Gasteiger partial charge in [0.15, 0.2) is 0 Å². The van der Waals surface area contributed by atoms with Gasteiger partial charge in [-0.2, -0.15) is 17.2 Å². The molecule has 1 heterocycles. The third-order valence-electron chi connectivity index (χ3n) is 4.92. The predicted molar refractivity (Wildman–Crippen MR) is 141 cm³/mol. The molecule has 0 aliphatic heterocycles. The fraction of sp³-hybridized carbons (Fsp3) is 0.240. The minimum absolute atomic E-state index is 0. The first-order valence-corrected chi connectivity index (χ1v) is 13.8. The van der Waals surface area contributed by atoms with Crippen LogP contribution in [0.5, 0.6) is 0 Å². The van der Waals surface area contributed by atoms with Crippen LogP contribution in [0.15, 0.2) is 64.6 Å². The summed E-state index contributed by atoms with van der Waals surface area (Å²) < 4.78 is 0. The third kappa shape index (κ3) is 8.32. The second kappa shape index (κ2) is 16.3. The van der Waals surface area contributed by atoms with Crippen LogP contribution in [0.3, 0.4) is 0 Å². The Labute approximate surface area is 217 Å². The van der Waals surface area contributed by atoms with E-state index in [1.165, 1.54) is 66.8 Å². The van der Waals surface area contributed by atoms with Crippen LogP contribution < -0.4 is 0 Å². The number of allylic oxidation sites excluding steroid dienone is 4. The number of hydrogen-bond acceptors (Lipinski definition) is 1. The Morgan fingerprint density at radius 1 is 1.00 bits per heavy atom. The van der Waals surface area contributed by atoms with Gasteiger partial charge in [0.2, 0.25) is 0 Å². The van der Waals surface area contributed by atoms with Crippen LogP contribution in [-0.4, -0.2) is 6.88 Å². The van der Waals surface area contributed by atoms with Crippen molar-refractivity contribution in [3.8, 4) is 10.4 Å². The van der Waals surface area contributed by atoms with Crippen molar-refractivity contribution in [2.45, 2.75) is 34.6 Å². The summed E-state index contributed by atoms with van der Waals surface area (Å²) in [6, 6.07) is 15.3. The number of halogens is 2. The third-order valence-corrected chi connectivity index (χ3v) is 5.82. The summed E-state index contributed by atoms with van der Waals surface area (Å²) in [4.78, 5) is 1.35. The molecule has 0 saturated carbocycles. The molecule has 3 aromatic rings. The van der Waals surface area contributed by atoms with E-state index in [9.17, 15) is 0 Å². The van der Waals surface area contributed by atoms with Crippen LogP contribution in [-0.2, 0) is 23.3 Å². The average Bonchev–Trinajstić information content (AvgIpc) is 3.34. The quantitative estimate of drug-likeness (QED) is 0.209. The zero-order valence-electron chi connectivity index (χ0n) is 18.9. The molecule has 5 heteroatoms. The maximum atomic E-state index is 3.36. The SMILES string of the molecule is CC1=[C-]C(C)C(C)=C1C.Cc1cc2c(-c3cccs3)cccc2[cH-]1.Cl.Cl.[CH3-].[CH3-].[Si]=[Zr]. The summed E-state index contributed by atoms with van der Waals surface area (Å²) in [7, 11) is 0. The Balaban J connectivity index is -0.000000431. The molecule has 30 heavy (non-hydrogen) atoms. The molecule has 0 saturated heterocycles. The number of fused-ring (bicyclic) bond motifs is 1. The molecule has 1 aliphatic carbocycles. The molecule has 1 atom stereocenters. The molecule has 1 unspecified atom stereocenters. The first kappa shape index (κ1) is 34.3. The summed E-state index contributed by atoms with van der Waals surface area (Å²) in [5.41, 5.74) is 6.94. The van der Waals surface area contributed by atoms with Crippen LogP contribution in [0.1, 0.15) is 33.3 Å². The number of hydrogen-bond donors (Lipinski definition) is 0. The van der Waals surface area contributed by atoms with E-state index >= 15 is 0 Å². The molecule has 4 rings (SSSR count). The number of rotatable bonds is 1. The molecular formula is C25H32Cl2SSiZr-4. The Kier molecular flexibility index (Phi) is 18.7. The van der Waals surface area contributed by atoms with Gasteiger partial charge in [-0.15, -0.1) is 77.6 Å². The van der Waals surface area contributed by atoms with Crippen molar-refractivity contribution in [2.24, 2.45) is 5.92 Å². The Hall–Kier alpha value is -0.310. The van der Waals surface area contributed by atoms with Gasteiger partial charge in [0.25, 0.3) is 0 Å². The molecule has 0 nitrogen and oxygen atoms in total. The number of thiophene rings is 1. The summed E-state index contributed by atoms with van der Waals surface area (Å²) in [5, 5.41) is 4.85. The van der Waals surface area contributed by atoms with Crippen molar-refractivity contribution in [1.82, 2.24) is 0 Å². The fourth-order valence-electron chi connectivity index (χ4n) is 3.19. The monoisotopic (exact) mass is 552 g/mol. The summed E-state index contributed by atoms with van der Waals surface area (Å²) in [5.74, 6) is 0.560. The molecule has 1 aromatic heterocycles. The molecule has 164 valence electrons. The summed E-state index contributed by atoms with van der Waals surface area (Å²) >= 11 is 3.16. The molecule has 1 aliphatic rings. The van der Waals surface area contributed by atoms with Crippen LogP contribution >= 0.6 is 36.2 Å². The van der Waals surface area contributed by atoms with Crippen LogP contribution in [0.2, 0.25) is 0 Å². The molecule has 0 amide bonds. The molecule has 2 aromatic carbocycles. The standard InChI is InChI=1S/C14H11S.C9H13.2CH3.2ClH.Si.Zr/c1-10-8-11-4-2-5-12(13(11)9-10)14-6-3-7-15-14;1-6-5-7(2)9(4)8(6)3;;;;;;/h2-9H,1H3;6H,1-4H3;2*1H3;2*1H;;/q4*-1;;;;. The van der Waals surface area contributed by atoms with E-state index in [4.69, 9.17) is 0 Å². The van der Waals surface area contributed by atoms with E-state index in [0.29, 0.717) is 5.92 Å². The van der Waals surface area contributed by atoms with Gasteiger partial charge in [0, 0.05) is 4.88 Å². The Bertz CT molecular complexity index is 939. The Morgan fingerprint density at radius 3 is 2.07 bits per heavy atom. The van der Waals surface area contributed by atoms with E-state index < -0.39 is 0 Å². The van der Waals surface area contributed by atoms with Crippen molar-refractivity contribution in [1.29, 1.82) is 0 Å². The average molecular weight is 555 g/mol. The van der Waals surface area contributed by atoms with Gasteiger partial charge in [0.05, 0.1) is 0 Å². The van der Waals surface area contributed by atoms with Crippen molar-refractivity contribution in [3.63, 3.8) is 0 Å². The van der Waals surface area contributed by atoms with Gasteiger partial charge in [-0.1, -0.05) is 51.3 Å².